The Bertz CT molecular complexity index is 250. The molecule has 0 amide bonds. The van der Waals surface area contributed by atoms with Crippen LogP contribution in [0.1, 0.15) is 13.3 Å². The number of anilines is 1. The molecule has 1 heterocycles. The predicted molar refractivity (Wildman–Crippen MR) is 52.6 cm³/mol. The van der Waals surface area contributed by atoms with Crippen molar-refractivity contribution in [2.75, 3.05) is 11.9 Å². The Kier molecular flexibility index (Phi) is 3.96. The zero-order valence-electron chi connectivity index (χ0n) is 7.43. The molecule has 0 aliphatic rings. The summed E-state index contributed by atoms with van der Waals surface area (Å²) in [5.74, 6) is 0.323. The molecule has 0 radical (unpaired) electrons. The number of nitrogens with zero attached hydrogens (tertiary/aromatic N) is 1. The van der Waals surface area contributed by atoms with Crippen molar-refractivity contribution in [3.63, 3.8) is 0 Å². The molecule has 0 aliphatic carbocycles. The highest BCUT2D eigenvalue weighted by Gasteiger charge is 2.00. The van der Waals surface area contributed by atoms with Gasteiger partial charge in [0.25, 0.3) is 0 Å². The largest absolute Gasteiger partial charge is 0.369 e. The molecule has 1 aromatic rings. The minimum Gasteiger partial charge on any atom is -0.369 e. The summed E-state index contributed by atoms with van der Waals surface area (Å²) < 4.78 is 12.4. The van der Waals surface area contributed by atoms with Crippen LogP contribution >= 0.6 is 11.6 Å². The van der Waals surface area contributed by atoms with Gasteiger partial charge in [0.05, 0.1) is 11.6 Å². The third-order valence-electron chi connectivity index (χ3n) is 1.68. The van der Waals surface area contributed by atoms with Crippen molar-refractivity contribution < 1.29 is 4.39 Å². The Morgan fingerprint density at radius 2 is 2.38 bits per heavy atom. The van der Waals surface area contributed by atoms with Gasteiger partial charge in [0.2, 0.25) is 0 Å². The van der Waals surface area contributed by atoms with E-state index in [1.54, 1.807) is 6.07 Å². The van der Waals surface area contributed by atoms with Gasteiger partial charge in [-0.1, -0.05) is 6.92 Å². The standard InChI is InChI=1S/C9H12ClFN2/c1-2-7(10)5-12-9-4-3-8(11)6-13-9/h3-4,6-7H,2,5H2,1H3,(H,12,13). The Hall–Kier alpha value is -0.830. The first-order chi connectivity index (χ1) is 6.22. The molecule has 1 unspecified atom stereocenters. The molecular formula is C9H12ClFN2. The molecule has 1 N–H and O–H groups in total. The van der Waals surface area contributed by atoms with Gasteiger partial charge in [-0.2, -0.15) is 0 Å². The Balaban J connectivity index is 2.41. The van der Waals surface area contributed by atoms with E-state index in [9.17, 15) is 4.39 Å². The summed E-state index contributed by atoms with van der Waals surface area (Å²) in [7, 11) is 0. The van der Waals surface area contributed by atoms with Gasteiger partial charge in [0.15, 0.2) is 0 Å². The molecule has 0 aromatic carbocycles. The fraction of sp³-hybridized carbons (Fsp3) is 0.444. The van der Waals surface area contributed by atoms with Crippen LogP contribution in [0.5, 0.6) is 0 Å². The first-order valence-corrected chi connectivity index (χ1v) is 4.65. The van der Waals surface area contributed by atoms with Crippen LogP contribution in [0.2, 0.25) is 0 Å². The quantitative estimate of drug-likeness (QED) is 0.760. The van der Waals surface area contributed by atoms with Gasteiger partial charge in [-0.3, -0.25) is 0 Å². The SMILES string of the molecule is CCC(Cl)CNc1ccc(F)cn1. The summed E-state index contributed by atoms with van der Waals surface area (Å²) >= 11 is 5.88. The Morgan fingerprint density at radius 1 is 1.62 bits per heavy atom. The summed E-state index contributed by atoms with van der Waals surface area (Å²) in [6, 6.07) is 2.96. The molecule has 0 bridgehead atoms. The van der Waals surface area contributed by atoms with Crippen molar-refractivity contribution in [3.8, 4) is 0 Å². The van der Waals surface area contributed by atoms with Gasteiger partial charge in [0.1, 0.15) is 11.6 Å². The zero-order chi connectivity index (χ0) is 9.68. The summed E-state index contributed by atoms with van der Waals surface area (Å²) in [5, 5.41) is 3.10. The van der Waals surface area contributed by atoms with Crippen LogP contribution in [0.4, 0.5) is 10.2 Å². The van der Waals surface area contributed by atoms with Gasteiger partial charge < -0.3 is 5.32 Å². The highest BCUT2D eigenvalue weighted by atomic mass is 35.5. The molecule has 13 heavy (non-hydrogen) atoms. The third-order valence-corrected chi connectivity index (χ3v) is 2.14. The van der Waals surface area contributed by atoms with E-state index < -0.39 is 0 Å². The molecule has 4 heteroatoms. The second kappa shape index (κ2) is 5.02. The number of alkyl halides is 1. The van der Waals surface area contributed by atoms with Crippen molar-refractivity contribution in [1.29, 1.82) is 0 Å². The molecule has 72 valence electrons. The second-order valence-corrected chi connectivity index (χ2v) is 3.37. The molecule has 0 fully saturated rings. The van der Waals surface area contributed by atoms with E-state index >= 15 is 0 Å². The van der Waals surface area contributed by atoms with Crippen molar-refractivity contribution >= 4 is 17.4 Å². The maximum Gasteiger partial charge on any atom is 0.141 e. The molecule has 1 atom stereocenters. The number of halogens is 2. The Morgan fingerprint density at radius 3 is 2.92 bits per heavy atom. The van der Waals surface area contributed by atoms with Crippen molar-refractivity contribution in [2.45, 2.75) is 18.7 Å². The molecular weight excluding hydrogens is 191 g/mol. The number of hydrogen-bond donors (Lipinski definition) is 1. The van der Waals surface area contributed by atoms with E-state index in [1.165, 1.54) is 12.3 Å². The number of rotatable bonds is 4. The van der Waals surface area contributed by atoms with Gasteiger partial charge in [-0.05, 0) is 18.6 Å². The van der Waals surface area contributed by atoms with Crippen LogP contribution in [0.3, 0.4) is 0 Å². The molecule has 1 aromatic heterocycles. The van der Waals surface area contributed by atoms with Gasteiger partial charge in [-0.25, -0.2) is 9.37 Å². The zero-order valence-corrected chi connectivity index (χ0v) is 8.18. The van der Waals surface area contributed by atoms with Gasteiger partial charge in [0, 0.05) is 6.54 Å². The van der Waals surface area contributed by atoms with E-state index in [0.717, 1.165) is 6.42 Å². The lowest BCUT2D eigenvalue weighted by atomic mass is 10.3. The van der Waals surface area contributed by atoms with Gasteiger partial charge >= 0.3 is 0 Å². The lowest BCUT2D eigenvalue weighted by Gasteiger charge is -2.08. The third kappa shape index (κ3) is 3.59. The maximum absolute atomic E-state index is 12.4. The highest BCUT2D eigenvalue weighted by Crippen LogP contribution is 2.06. The monoisotopic (exact) mass is 202 g/mol. The average Bonchev–Trinajstić information content (AvgIpc) is 2.16. The lowest BCUT2D eigenvalue weighted by molar-refractivity contribution is 0.621. The van der Waals surface area contributed by atoms with E-state index in [1.807, 2.05) is 6.92 Å². The first kappa shape index (κ1) is 10.3. The van der Waals surface area contributed by atoms with Crippen LogP contribution < -0.4 is 5.32 Å². The molecule has 2 nitrogen and oxygen atoms in total. The summed E-state index contributed by atoms with van der Waals surface area (Å²) in [4.78, 5) is 3.84. The van der Waals surface area contributed by atoms with Crippen LogP contribution in [-0.2, 0) is 0 Å². The minimum atomic E-state index is -0.330. The predicted octanol–water partition coefficient (Wildman–Crippen LogP) is 2.65. The Labute approximate surface area is 82.1 Å². The molecule has 1 rings (SSSR count). The molecule has 0 aliphatic heterocycles. The number of aromatic nitrogens is 1. The fourth-order valence-corrected chi connectivity index (χ4v) is 0.917. The van der Waals surface area contributed by atoms with E-state index in [2.05, 4.69) is 10.3 Å². The summed E-state index contributed by atoms with van der Waals surface area (Å²) in [6.07, 6.45) is 2.08. The number of nitrogens with one attached hydrogen (secondary N) is 1. The van der Waals surface area contributed by atoms with Crippen LogP contribution in [-0.4, -0.2) is 16.9 Å². The van der Waals surface area contributed by atoms with E-state index in [4.69, 9.17) is 11.6 Å². The average molecular weight is 203 g/mol. The summed E-state index contributed by atoms with van der Waals surface area (Å²) in [5.41, 5.74) is 0. The number of hydrogen-bond acceptors (Lipinski definition) is 2. The van der Waals surface area contributed by atoms with E-state index in [-0.39, 0.29) is 11.2 Å². The minimum absolute atomic E-state index is 0.0897. The smallest absolute Gasteiger partial charge is 0.141 e. The fourth-order valence-electron chi connectivity index (χ4n) is 0.840. The van der Waals surface area contributed by atoms with Crippen molar-refractivity contribution in [3.05, 3.63) is 24.1 Å². The van der Waals surface area contributed by atoms with Crippen LogP contribution in [0.25, 0.3) is 0 Å². The van der Waals surface area contributed by atoms with Crippen LogP contribution in [0, 0.1) is 5.82 Å². The number of pyridine rings is 1. The van der Waals surface area contributed by atoms with E-state index in [0.29, 0.717) is 12.4 Å². The first-order valence-electron chi connectivity index (χ1n) is 4.22. The second-order valence-electron chi connectivity index (χ2n) is 2.75. The van der Waals surface area contributed by atoms with Crippen molar-refractivity contribution in [1.82, 2.24) is 4.98 Å². The van der Waals surface area contributed by atoms with Crippen LogP contribution in [0.15, 0.2) is 18.3 Å². The normalized spacial score (nSPS) is 12.5. The highest BCUT2D eigenvalue weighted by molar-refractivity contribution is 6.20. The topological polar surface area (TPSA) is 24.9 Å². The van der Waals surface area contributed by atoms with Crippen molar-refractivity contribution in [2.24, 2.45) is 0 Å². The molecule has 0 spiro atoms. The lowest BCUT2D eigenvalue weighted by Crippen LogP contribution is -2.13. The summed E-state index contributed by atoms with van der Waals surface area (Å²) in [6.45, 7) is 2.66. The molecule has 0 saturated carbocycles. The molecule has 0 saturated heterocycles. The van der Waals surface area contributed by atoms with Gasteiger partial charge in [-0.15, -0.1) is 11.6 Å². The maximum atomic E-state index is 12.4.